The van der Waals surface area contributed by atoms with Crippen LogP contribution < -0.4 is 4.90 Å². The van der Waals surface area contributed by atoms with Gasteiger partial charge in [0.05, 0.1) is 0 Å². The Balaban J connectivity index is 2.44. The van der Waals surface area contributed by atoms with Crippen LogP contribution in [-0.4, -0.2) is 22.8 Å². The van der Waals surface area contributed by atoms with E-state index < -0.39 is 0 Å². The number of hydrogen-bond donors (Lipinski definition) is 2. The molecule has 1 N–H and O–H groups in total. The molecule has 0 spiro atoms. The van der Waals surface area contributed by atoms with Crippen LogP contribution >= 0.6 is 12.6 Å². The molecule has 1 atom stereocenters. The second kappa shape index (κ2) is 4.01. The summed E-state index contributed by atoms with van der Waals surface area (Å²) in [6.07, 6.45) is 0.489. The van der Waals surface area contributed by atoms with Crippen molar-refractivity contribution in [3.8, 4) is 5.75 Å². The third-order valence-electron chi connectivity index (χ3n) is 2.85. The molecule has 3 nitrogen and oxygen atoms in total. The van der Waals surface area contributed by atoms with E-state index in [0.29, 0.717) is 13.0 Å². The van der Waals surface area contributed by atoms with E-state index in [0.717, 1.165) is 16.8 Å². The first-order valence-electron chi connectivity index (χ1n) is 5.27. The van der Waals surface area contributed by atoms with Gasteiger partial charge in [0.2, 0.25) is 5.91 Å². The monoisotopic (exact) mass is 237 g/mol. The first-order chi connectivity index (χ1) is 7.49. The summed E-state index contributed by atoms with van der Waals surface area (Å²) in [5, 5.41) is 9.57. The molecule has 0 aliphatic carbocycles. The molecule has 1 saturated heterocycles. The highest BCUT2D eigenvalue weighted by Gasteiger charge is 2.30. The number of amides is 1. The van der Waals surface area contributed by atoms with Crippen LogP contribution in [0.5, 0.6) is 5.75 Å². The van der Waals surface area contributed by atoms with Crippen molar-refractivity contribution in [1.82, 2.24) is 0 Å². The molecule has 1 amide bonds. The molecule has 16 heavy (non-hydrogen) atoms. The van der Waals surface area contributed by atoms with Crippen LogP contribution in [0.2, 0.25) is 0 Å². The zero-order valence-electron chi connectivity index (χ0n) is 9.40. The summed E-state index contributed by atoms with van der Waals surface area (Å²) in [6, 6.07) is 3.36. The second-order valence-corrected chi connectivity index (χ2v) is 5.02. The molecule has 1 heterocycles. The molecule has 1 aliphatic heterocycles. The van der Waals surface area contributed by atoms with E-state index in [9.17, 15) is 9.90 Å². The van der Waals surface area contributed by atoms with Gasteiger partial charge in [0.15, 0.2) is 0 Å². The highest BCUT2D eigenvalue weighted by Crippen LogP contribution is 2.32. The number of carbonyl (C=O) groups excluding carboxylic acids is 1. The van der Waals surface area contributed by atoms with E-state index in [1.807, 2.05) is 13.8 Å². The maximum Gasteiger partial charge on any atom is 0.228 e. The van der Waals surface area contributed by atoms with Crippen LogP contribution in [0.1, 0.15) is 17.5 Å². The van der Waals surface area contributed by atoms with Gasteiger partial charge in [-0.15, -0.1) is 0 Å². The molecular weight excluding hydrogens is 222 g/mol. The predicted octanol–water partition coefficient (Wildman–Crippen LogP) is 2.04. The van der Waals surface area contributed by atoms with Crippen molar-refractivity contribution >= 4 is 24.2 Å². The average molecular weight is 237 g/mol. The number of carbonyl (C=O) groups is 1. The van der Waals surface area contributed by atoms with E-state index in [-0.39, 0.29) is 16.9 Å². The number of phenols is 1. The average Bonchev–Trinajstić information content (AvgIpc) is 2.43. The maximum atomic E-state index is 11.8. The van der Waals surface area contributed by atoms with Gasteiger partial charge in [-0.1, -0.05) is 0 Å². The Kier molecular flexibility index (Phi) is 2.84. The summed E-state index contributed by atoms with van der Waals surface area (Å²) in [7, 11) is 0. The van der Waals surface area contributed by atoms with Crippen LogP contribution in [0.4, 0.5) is 5.69 Å². The van der Waals surface area contributed by atoms with Crippen molar-refractivity contribution in [2.75, 3.05) is 11.4 Å². The Morgan fingerprint density at radius 3 is 2.38 bits per heavy atom. The lowest BCUT2D eigenvalue weighted by Gasteiger charge is -2.21. The van der Waals surface area contributed by atoms with Gasteiger partial charge in [-0.2, -0.15) is 12.6 Å². The van der Waals surface area contributed by atoms with Crippen molar-refractivity contribution in [1.29, 1.82) is 0 Å². The van der Waals surface area contributed by atoms with Crippen molar-refractivity contribution in [2.45, 2.75) is 25.5 Å². The molecule has 0 radical (unpaired) electrons. The maximum absolute atomic E-state index is 11.8. The Hall–Kier alpha value is -1.16. The Labute approximate surface area is 100 Å². The van der Waals surface area contributed by atoms with E-state index >= 15 is 0 Å². The number of rotatable bonds is 1. The number of hydrogen-bond acceptors (Lipinski definition) is 3. The minimum Gasteiger partial charge on any atom is -0.508 e. The van der Waals surface area contributed by atoms with Gasteiger partial charge in [0, 0.05) is 23.9 Å². The predicted molar refractivity (Wildman–Crippen MR) is 67.3 cm³/mol. The zero-order valence-corrected chi connectivity index (χ0v) is 10.3. The minimum atomic E-state index is 0.108. The SMILES string of the molecule is Cc1cc(O)cc(C)c1N1CC(S)CC1=O. The number of thiol groups is 1. The largest absolute Gasteiger partial charge is 0.508 e. The summed E-state index contributed by atoms with van der Waals surface area (Å²) in [5.74, 6) is 0.352. The molecule has 86 valence electrons. The Morgan fingerprint density at radius 1 is 1.38 bits per heavy atom. The summed E-state index contributed by atoms with van der Waals surface area (Å²) < 4.78 is 0. The topological polar surface area (TPSA) is 40.5 Å². The zero-order chi connectivity index (χ0) is 11.9. The van der Waals surface area contributed by atoms with Gasteiger partial charge in [0.1, 0.15) is 5.75 Å². The van der Waals surface area contributed by atoms with Gasteiger partial charge in [-0.05, 0) is 37.1 Å². The highest BCUT2D eigenvalue weighted by molar-refractivity contribution is 7.81. The molecule has 0 bridgehead atoms. The second-order valence-electron chi connectivity index (χ2n) is 4.29. The number of aromatic hydroxyl groups is 1. The molecule has 1 aromatic carbocycles. The fourth-order valence-corrected chi connectivity index (χ4v) is 2.58. The highest BCUT2D eigenvalue weighted by atomic mass is 32.1. The Morgan fingerprint density at radius 2 is 1.94 bits per heavy atom. The van der Waals surface area contributed by atoms with Gasteiger partial charge in [-0.3, -0.25) is 4.79 Å². The number of benzene rings is 1. The number of phenolic OH excluding ortho intramolecular Hbond substituents is 1. The first-order valence-corrected chi connectivity index (χ1v) is 5.79. The van der Waals surface area contributed by atoms with Crippen LogP contribution in [0.25, 0.3) is 0 Å². The van der Waals surface area contributed by atoms with E-state index in [1.165, 1.54) is 0 Å². The van der Waals surface area contributed by atoms with Crippen molar-refractivity contribution in [2.24, 2.45) is 0 Å². The lowest BCUT2D eigenvalue weighted by atomic mass is 10.1. The lowest BCUT2D eigenvalue weighted by Crippen LogP contribution is -2.26. The fraction of sp³-hybridized carbons (Fsp3) is 0.417. The molecule has 2 rings (SSSR count). The summed E-state index contributed by atoms with van der Waals surface area (Å²) in [5.41, 5.74) is 2.76. The van der Waals surface area contributed by atoms with Gasteiger partial charge >= 0.3 is 0 Å². The van der Waals surface area contributed by atoms with Crippen molar-refractivity contribution in [3.63, 3.8) is 0 Å². The van der Waals surface area contributed by atoms with Crippen LogP contribution in [0, 0.1) is 13.8 Å². The summed E-state index contributed by atoms with van der Waals surface area (Å²) in [4.78, 5) is 13.6. The normalized spacial score (nSPS) is 20.6. The molecule has 1 unspecified atom stereocenters. The smallest absolute Gasteiger partial charge is 0.228 e. The van der Waals surface area contributed by atoms with Crippen molar-refractivity contribution < 1.29 is 9.90 Å². The van der Waals surface area contributed by atoms with E-state index in [4.69, 9.17) is 0 Å². The Bertz CT molecular complexity index is 422. The lowest BCUT2D eigenvalue weighted by molar-refractivity contribution is -0.117. The fourth-order valence-electron chi connectivity index (χ4n) is 2.26. The first kappa shape index (κ1) is 11.3. The van der Waals surface area contributed by atoms with E-state index in [2.05, 4.69) is 12.6 Å². The standard InChI is InChI=1S/C12H15NO2S/c1-7-3-9(14)4-8(2)12(7)13-6-10(16)5-11(13)15/h3-4,10,14,16H,5-6H2,1-2H3. The molecule has 0 saturated carbocycles. The third kappa shape index (κ3) is 1.89. The van der Waals surface area contributed by atoms with Gasteiger partial charge in [0.25, 0.3) is 0 Å². The molecule has 1 aliphatic rings. The molecule has 1 aromatic rings. The van der Waals surface area contributed by atoms with Gasteiger partial charge in [-0.25, -0.2) is 0 Å². The molecule has 4 heteroatoms. The number of anilines is 1. The molecular formula is C12H15NO2S. The van der Waals surface area contributed by atoms with Crippen molar-refractivity contribution in [3.05, 3.63) is 23.3 Å². The summed E-state index contributed by atoms with van der Waals surface area (Å²) in [6.45, 7) is 4.46. The van der Waals surface area contributed by atoms with Crippen LogP contribution in [0.3, 0.4) is 0 Å². The molecule has 1 fully saturated rings. The summed E-state index contributed by atoms with van der Waals surface area (Å²) >= 11 is 4.34. The number of nitrogens with zero attached hydrogens (tertiary/aromatic N) is 1. The quantitative estimate of drug-likeness (QED) is 0.734. The third-order valence-corrected chi connectivity index (χ3v) is 3.20. The molecule has 0 aromatic heterocycles. The minimum absolute atomic E-state index is 0.108. The van der Waals surface area contributed by atoms with Crippen LogP contribution in [-0.2, 0) is 4.79 Å². The van der Waals surface area contributed by atoms with Crippen LogP contribution in [0.15, 0.2) is 12.1 Å². The number of aryl methyl sites for hydroxylation is 2. The van der Waals surface area contributed by atoms with E-state index in [1.54, 1.807) is 17.0 Å². The van der Waals surface area contributed by atoms with Gasteiger partial charge < -0.3 is 10.0 Å².